The number of hydrogen-bond acceptors (Lipinski definition) is 6. The molecule has 0 N–H and O–H groups in total. The number of ether oxygens (including phenoxy) is 2. The van der Waals surface area contributed by atoms with Gasteiger partial charge in [0.1, 0.15) is 0 Å². The minimum atomic E-state index is -3.34. The van der Waals surface area contributed by atoms with Crippen molar-refractivity contribution >= 4 is 15.9 Å². The van der Waals surface area contributed by atoms with Crippen molar-refractivity contribution in [2.24, 2.45) is 5.92 Å². The van der Waals surface area contributed by atoms with E-state index < -0.39 is 22.0 Å². The van der Waals surface area contributed by atoms with E-state index in [-0.39, 0.29) is 35.4 Å². The van der Waals surface area contributed by atoms with Gasteiger partial charge < -0.3 is 22.9 Å². The summed E-state index contributed by atoms with van der Waals surface area (Å²) in [7, 11) is -5.53. The molecule has 0 unspecified atom stereocenters. The molecule has 1 saturated heterocycles. The third-order valence-corrected chi connectivity index (χ3v) is 13.7. The summed E-state index contributed by atoms with van der Waals surface area (Å²) in [5.74, 6) is 0.123. The maximum absolute atomic E-state index is 13.5. The molecule has 1 heterocycles. The summed E-state index contributed by atoms with van der Waals surface area (Å²) >= 11 is 0. The predicted octanol–water partition coefficient (Wildman–Crippen LogP) is 7.04. The van der Waals surface area contributed by atoms with Gasteiger partial charge in [0.15, 0.2) is 8.32 Å². The Labute approximate surface area is 208 Å². The van der Waals surface area contributed by atoms with Gasteiger partial charge in [0.2, 0.25) is 0 Å². The van der Waals surface area contributed by atoms with Crippen molar-refractivity contribution in [2.75, 3.05) is 19.4 Å². The fourth-order valence-corrected chi connectivity index (χ4v) is 7.32. The predicted molar refractivity (Wildman–Crippen MR) is 141 cm³/mol. The molecular weight excluding hydrogens is 467 g/mol. The van der Waals surface area contributed by atoms with Gasteiger partial charge in [0, 0.05) is 5.92 Å². The van der Waals surface area contributed by atoms with Crippen molar-refractivity contribution in [1.29, 1.82) is 0 Å². The Morgan fingerprint density at radius 3 is 2.06 bits per heavy atom. The first-order valence-corrected chi connectivity index (χ1v) is 17.4. The van der Waals surface area contributed by atoms with Crippen LogP contribution in [0.2, 0.25) is 18.1 Å². The zero-order valence-electron chi connectivity index (χ0n) is 22.7. The number of hydrogen-bond donors (Lipinski definition) is 0. The molecule has 6 nitrogen and oxygen atoms in total. The summed E-state index contributed by atoms with van der Waals surface area (Å²) in [5.41, 5.74) is 1.12. The Morgan fingerprint density at radius 1 is 0.971 bits per heavy atom. The Morgan fingerprint density at radius 2 is 1.56 bits per heavy atom. The fourth-order valence-electron chi connectivity index (χ4n) is 4.19. The van der Waals surface area contributed by atoms with Crippen molar-refractivity contribution in [3.8, 4) is 0 Å². The van der Waals surface area contributed by atoms with E-state index in [1.807, 2.05) is 32.0 Å². The molecular formula is C26H47O6PSi. The van der Waals surface area contributed by atoms with Gasteiger partial charge in [-0.1, -0.05) is 65.0 Å². The maximum Gasteiger partial charge on any atom is 0.333 e. The lowest BCUT2D eigenvalue weighted by Crippen LogP contribution is -2.60. The van der Waals surface area contributed by atoms with Crippen LogP contribution in [0, 0.1) is 5.92 Å². The molecule has 0 bridgehead atoms. The first-order valence-electron chi connectivity index (χ1n) is 12.7. The summed E-state index contributed by atoms with van der Waals surface area (Å²) in [4.78, 5) is 0. The molecule has 5 atom stereocenters. The second-order valence-corrected chi connectivity index (χ2v) is 17.6. The van der Waals surface area contributed by atoms with Crippen molar-refractivity contribution < 1.29 is 27.5 Å². The van der Waals surface area contributed by atoms with Crippen molar-refractivity contribution in [2.45, 2.75) is 104 Å². The average Bonchev–Trinajstić information content (AvgIpc) is 2.75. The van der Waals surface area contributed by atoms with Crippen LogP contribution in [0.3, 0.4) is 0 Å². The SMILES string of the molecule is CCOP(=O)(C[C@H]1O[C@H](CC)[C@@H](C)[C@H](OCc2ccccc2)[C@H]1O[Si](C)(C)C(C)(C)C)OCC. The van der Waals surface area contributed by atoms with Crippen LogP contribution in [-0.4, -0.2) is 52.1 Å². The minimum Gasteiger partial charge on any atom is -0.409 e. The van der Waals surface area contributed by atoms with E-state index in [1.54, 1.807) is 0 Å². The molecule has 0 spiro atoms. The van der Waals surface area contributed by atoms with Gasteiger partial charge in [-0.25, -0.2) is 0 Å². The zero-order chi connectivity index (χ0) is 25.6. The van der Waals surface area contributed by atoms with E-state index in [0.29, 0.717) is 19.8 Å². The van der Waals surface area contributed by atoms with Crippen LogP contribution in [0.1, 0.15) is 60.5 Å². The second kappa shape index (κ2) is 12.6. The molecule has 0 amide bonds. The molecule has 2 rings (SSSR count). The van der Waals surface area contributed by atoms with Crippen molar-refractivity contribution in [3.05, 3.63) is 35.9 Å². The van der Waals surface area contributed by atoms with Gasteiger partial charge >= 0.3 is 7.60 Å². The topological polar surface area (TPSA) is 63.2 Å². The number of benzene rings is 1. The molecule has 0 radical (unpaired) electrons. The lowest BCUT2D eigenvalue weighted by molar-refractivity contribution is -0.204. The molecule has 1 fully saturated rings. The molecule has 1 aliphatic rings. The molecule has 34 heavy (non-hydrogen) atoms. The Hall–Kier alpha value is -0.533. The molecule has 1 aromatic rings. The van der Waals surface area contributed by atoms with E-state index in [1.165, 1.54) is 0 Å². The summed E-state index contributed by atoms with van der Waals surface area (Å²) in [6, 6.07) is 10.2. The minimum absolute atomic E-state index is 0.00983. The van der Waals surface area contributed by atoms with Crippen LogP contribution in [0.15, 0.2) is 30.3 Å². The fraction of sp³-hybridized carbons (Fsp3) is 0.769. The Kier molecular flexibility index (Phi) is 11.0. The van der Waals surface area contributed by atoms with E-state index in [4.69, 9.17) is 22.9 Å². The first kappa shape index (κ1) is 29.7. The zero-order valence-corrected chi connectivity index (χ0v) is 24.6. The van der Waals surface area contributed by atoms with Crippen LogP contribution in [-0.2, 0) is 34.1 Å². The summed E-state index contributed by atoms with van der Waals surface area (Å²) < 4.78 is 45.0. The molecule has 0 aliphatic carbocycles. The molecule has 0 saturated carbocycles. The highest BCUT2D eigenvalue weighted by atomic mass is 31.2. The average molecular weight is 515 g/mol. The van der Waals surface area contributed by atoms with Crippen LogP contribution in [0.25, 0.3) is 0 Å². The highest BCUT2D eigenvalue weighted by Gasteiger charge is 2.51. The van der Waals surface area contributed by atoms with Crippen molar-refractivity contribution in [1.82, 2.24) is 0 Å². The lowest BCUT2D eigenvalue weighted by atomic mass is 9.87. The highest BCUT2D eigenvalue weighted by Crippen LogP contribution is 2.51. The standard InChI is InChI=1S/C26H47O6PSi/c1-10-22-20(4)24(28-18-21-16-14-13-15-17-21)25(32-34(8,9)26(5,6)7)23(31-22)19-33(27,29-11-2)30-12-3/h13-17,20,22-25H,10-12,18-19H2,1-9H3/t20-,22-,23-,24+,25+/m1/s1. The van der Waals surface area contributed by atoms with Gasteiger partial charge in [-0.2, -0.15) is 0 Å². The monoisotopic (exact) mass is 514 g/mol. The molecule has 1 aliphatic heterocycles. The van der Waals surface area contributed by atoms with Gasteiger partial charge in [0.25, 0.3) is 0 Å². The van der Waals surface area contributed by atoms with Gasteiger partial charge in [-0.3, -0.25) is 4.57 Å². The summed E-state index contributed by atoms with van der Waals surface area (Å²) in [6.07, 6.45) is -0.0425. The van der Waals surface area contributed by atoms with E-state index in [2.05, 4.69) is 59.8 Å². The third-order valence-electron chi connectivity index (χ3n) is 7.12. The Balaban J connectivity index is 2.43. The van der Waals surface area contributed by atoms with E-state index in [0.717, 1.165) is 12.0 Å². The quantitative estimate of drug-likeness (QED) is 0.220. The van der Waals surface area contributed by atoms with Gasteiger partial charge in [-0.05, 0) is 44.0 Å². The molecule has 0 aromatic heterocycles. The van der Waals surface area contributed by atoms with Crippen LogP contribution >= 0.6 is 7.60 Å². The molecule has 196 valence electrons. The van der Waals surface area contributed by atoms with Crippen LogP contribution in [0.5, 0.6) is 0 Å². The van der Waals surface area contributed by atoms with Crippen LogP contribution in [0.4, 0.5) is 0 Å². The van der Waals surface area contributed by atoms with E-state index in [9.17, 15) is 4.57 Å². The van der Waals surface area contributed by atoms with Gasteiger partial charge in [-0.15, -0.1) is 0 Å². The van der Waals surface area contributed by atoms with Gasteiger partial charge in [0.05, 0.1) is 50.4 Å². The number of rotatable bonds is 12. The van der Waals surface area contributed by atoms with Crippen molar-refractivity contribution in [3.63, 3.8) is 0 Å². The summed E-state index contributed by atoms with van der Waals surface area (Å²) in [6.45, 7) is 20.2. The van der Waals surface area contributed by atoms with Crippen LogP contribution < -0.4 is 0 Å². The smallest absolute Gasteiger partial charge is 0.333 e. The molecule has 1 aromatic carbocycles. The highest BCUT2D eigenvalue weighted by molar-refractivity contribution is 7.53. The first-order chi connectivity index (χ1) is 15.9. The second-order valence-electron chi connectivity index (χ2n) is 10.7. The maximum atomic E-state index is 13.5. The normalized spacial score (nSPS) is 26.6. The van der Waals surface area contributed by atoms with E-state index >= 15 is 0 Å². The lowest BCUT2D eigenvalue weighted by Gasteiger charge is -2.50. The largest absolute Gasteiger partial charge is 0.409 e. The Bertz CT molecular complexity index is 771. The third kappa shape index (κ3) is 7.73. The molecule has 8 heteroatoms. The summed E-state index contributed by atoms with van der Waals surface area (Å²) in [5, 5.41) is 0.00983.